The van der Waals surface area contributed by atoms with Crippen molar-refractivity contribution >= 4 is 33.2 Å². The van der Waals surface area contributed by atoms with E-state index in [4.69, 9.17) is 34.1 Å². The van der Waals surface area contributed by atoms with Crippen LogP contribution in [0.1, 0.15) is 186 Å². The number of likely N-dealkylation sites (N-methyl/N-ethyl adjacent to an activating group) is 1. The predicted molar refractivity (Wildman–Crippen MR) is 301 cm³/mol. The number of amides is 1. The Labute approximate surface area is 444 Å². The van der Waals surface area contributed by atoms with E-state index in [9.17, 15) is 13.2 Å². The zero-order chi connectivity index (χ0) is 53.6. The highest BCUT2D eigenvalue weighted by Crippen LogP contribution is 2.43. The van der Waals surface area contributed by atoms with Gasteiger partial charge in [0, 0.05) is 37.8 Å². The summed E-state index contributed by atoms with van der Waals surface area (Å²) in [5.41, 5.74) is 1.07. The molecule has 410 valence electrons. The molecule has 0 aliphatic carbocycles. The minimum Gasteiger partial charge on any atom is -0.490 e. The van der Waals surface area contributed by atoms with E-state index in [-0.39, 0.29) is 19.2 Å². The van der Waals surface area contributed by atoms with Crippen molar-refractivity contribution in [2.45, 2.75) is 189 Å². The fraction of sp³-hybridized carbons (Fsp3) is 0.621. The number of aryl methyl sites for hydroxylation is 2. The number of para-hydroxylation sites is 2. The van der Waals surface area contributed by atoms with Gasteiger partial charge < -0.3 is 23.8 Å². The van der Waals surface area contributed by atoms with Crippen LogP contribution in [0.3, 0.4) is 0 Å². The molecule has 0 spiro atoms. The van der Waals surface area contributed by atoms with Crippen LogP contribution in [0.2, 0.25) is 0 Å². The Hall–Kier alpha value is -5.19. The minimum absolute atomic E-state index is 0.205. The Kier molecular flexibility index (Phi) is 24.0. The molecule has 2 N–H and O–H groups in total. The quantitative estimate of drug-likeness (QED) is 0.0333. The van der Waals surface area contributed by atoms with E-state index in [0.29, 0.717) is 67.2 Å². The first-order valence-electron chi connectivity index (χ1n) is 27.7. The molecule has 74 heavy (non-hydrogen) atoms. The van der Waals surface area contributed by atoms with Crippen LogP contribution in [0.5, 0.6) is 17.2 Å². The third-order valence-electron chi connectivity index (χ3n) is 13.3. The first-order valence-corrected chi connectivity index (χ1v) is 29.6. The first kappa shape index (κ1) is 59.7. The highest BCUT2D eigenvalue weighted by Gasteiger charge is 2.58. The van der Waals surface area contributed by atoms with Gasteiger partial charge in [-0.2, -0.15) is 5.10 Å². The Bertz CT molecular complexity index is 2460. The lowest BCUT2D eigenvalue weighted by Gasteiger charge is -2.41. The van der Waals surface area contributed by atoms with E-state index in [1.165, 1.54) is 99.6 Å². The molecule has 1 aliphatic rings. The predicted octanol–water partition coefficient (Wildman–Crippen LogP) is 12.9. The number of fused-ring (bicyclic) bond motifs is 1. The number of unbranched alkanes of at least 4 members (excludes halogenated alkanes) is 15. The van der Waals surface area contributed by atoms with Crippen molar-refractivity contribution < 1.29 is 32.2 Å². The normalized spacial score (nSPS) is 14.9. The topological polar surface area (TPSA) is 162 Å². The van der Waals surface area contributed by atoms with Crippen LogP contribution in [0.4, 0.5) is 16.2 Å². The monoisotopic (exact) mass is 1040 g/mol. The summed E-state index contributed by atoms with van der Waals surface area (Å²) in [6.45, 7) is 20.4. The number of hydrogen-bond donors (Lipinski definition) is 2. The summed E-state index contributed by atoms with van der Waals surface area (Å²) in [5, 5.41) is 13.3. The van der Waals surface area contributed by atoms with Crippen molar-refractivity contribution in [2.75, 3.05) is 55.6 Å². The second-order valence-corrected chi connectivity index (χ2v) is 22.8. The van der Waals surface area contributed by atoms with Crippen LogP contribution in [0.15, 0.2) is 71.8 Å². The van der Waals surface area contributed by atoms with Gasteiger partial charge in [-0.25, -0.2) is 27.8 Å². The van der Waals surface area contributed by atoms with Crippen molar-refractivity contribution in [1.82, 2.24) is 24.9 Å². The summed E-state index contributed by atoms with van der Waals surface area (Å²) in [4.78, 5) is 25.2. The van der Waals surface area contributed by atoms with Crippen LogP contribution in [-0.2, 0) is 20.5 Å². The van der Waals surface area contributed by atoms with E-state index >= 15 is 0 Å². The standard InChI is InChI=1S/C58H90N8O7S/c1-11-14-15-16-17-18-19-20-21-22-23-24-25-26-27-30-41-70-51-31-28-29-32-52(51)71-44-59-43-47(6)54-61-55-58(53(12-2)62-66(55)63-54,72-49-36-33-45(4)34-37-49)65(56(67)73-57(7,8)9)50-38-35-48(42-46(50)5)64(13-3)40-39-60-74(10,68)69/h28-29,31-38,42,47,59-60H,11-27,30,39-41,43-44H2,1-10H3. The maximum Gasteiger partial charge on any atom is 0.418 e. The summed E-state index contributed by atoms with van der Waals surface area (Å²) < 4.78 is 52.1. The van der Waals surface area contributed by atoms with Gasteiger partial charge in [0.05, 0.1) is 18.6 Å². The van der Waals surface area contributed by atoms with E-state index in [1.54, 1.807) is 0 Å². The molecule has 1 aromatic heterocycles. The van der Waals surface area contributed by atoms with Crippen LogP contribution in [0.25, 0.3) is 0 Å². The molecule has 0 radical (unpaired) electrons. The van der Waals surface area contributed by atoms with Crippen molar-refractivity contribution in [1.29, 1.82) is 0 Å². The maximum absolute atomic E-state index is 15.0. The number of rotatable bonds is 35. The molecule has 4 aromatic rings. The van der Waals surface area contributed by atoms with Gasteiger partial charge in [0.25, 0.3) is 5.72 Å². The number of ether oxygens (including phenoxy) is 4. The number of benzene rings is 3. The lowest BCUT2D eigenvalue weighted by atomic mass is 9.99. The van der Waals surface area contributed by atoms with Crippen LogP contribution in [0, 0.1) is 13.8 Å². The Morgan fingerprint density at radius 3 is 1.95 bits per heavy atom. The van der Waals surface area contributed by atoms with Gasteiger partial charge in [-0.15, -0.1) is 9.89 Å². The molecule has 0 bridgehead atoms. The fourth-order valence-electron chi connectivity index (χ4n) is 9.23. The van der Waals surface area contributed by atoms with Crippen molar-refractivity contribution in [3.8, 4) is 17.2 Å². The Morgan fingerprint density at radius 2 is 1.39 bits per heavy atom. The lowest BCUT2D eigenvalue weighted by molar-refractivity contribution is 0.0406. The number of nitrogens with zero attached hydrogens (tertiary/aromatic N) is 6. The number of hydrogen-bond acceptors (Lipinski definition) is 12. The molecule has 3 aromatic carbocycles. The number of carbonyl (C=O) groups is 1. The summed E-state index contributed by atoms with van der Waals surface area (Å²) >= 11 is 0. The molecule has 0 saturated carbocycles. The van der Waals surface area contributed by atoms with Crippen molar-refractivity contribution in [3.05, 3.63) is 89.5 Å². The van der Waals surface area contributed by atoms with E-state index < -0.39 is 27.4 Å². The third-order valence-corrected chi connectivity index (χ3v) is 14.0. The molecule has 0 fully saturated rings. The van der Waals surface area contributed by atoms with E-state index in [2.05, 4.69) is 21.9 Å². The third kappa shape index (κ3) is 18.3. The van der Waals surface area contributed by atoms with E-state index in [1.807, 2.05) is 122 Å². The largest absolute Gasteiger partial charge is 0.490 e. The van der Waals surface area contributed by atoms with Crippen molar-refractivity contribution in [3.63, 3.8) is 0 Å². The zero-order valence-corrected chi connectivity index (χ0v) is 47.5. The van der Waals surface area contributed by atoms with Gasteiger partial charge >= 0.3 is 6.09 Å². The zero-order valence-electron chi connectivity index (χ0n) is 46.6. The lowest BCUT2D eigenvalue weighted by Crippen LogP contribution is -2.59. The summed E-state index contributed by atoms with van der Waals surface area (Å²) in [6, 6.07) is 21.2. The second-order valence-electron chi connectivity index (χ2n) is 20.9. The average Bonchev–Trinajstić information content (AvgIpc) is 3.91. The van der Waals surface area contributed by atoms with Gasteiger partial charge in [0.2, 0.25) is 15.8 Å². The number of carbonyl (C=O) groups excluding carboxylic acids is 1. The molecular formula is C58H90N8O7S. The fourth-order valence-corrected chi connectivity index (χ4v) is 9.69. The first-order chi connectivity index (χ1) is 35.5. The van der Waals surface area contributed by atoms with Gasteiger partial charge in [0.1, 0.15) is 23.8 Å². The van der Waals surface area contributed by atoms with Gasteiger partial charge in [-0.3, -0.25) is 5.32 Å². The molecule has 5 rings (SSSR count). The van der Waals surface area contributed by atoms with Crippen LogP contribution >= 0.6 is 0 Å². The number of nitrogens with one attached hydrogen (secondary N) is 2. The number of aromatic nitrogens is 3. The molecule has 2 unspecified atom stereocenters. The van der Waals surface area contributed by atoms with Crippen LogP contribution in [-0.4, -0.2) is 86.5 Å². The highest BCUT2D eigenvalue weighted by atomic mass is 32.2. The second kappa shape index (κ2) is 29.8. The SMILES string of the molecule is CCCCCCCCCCCCCCCCCCOc1ccccc1OCNCC(C)c1nc2n(n1)N=C(CC)C2(Oc1ccc(C)cc1)N(C(=O)OC(C)(C)C)c1ccc(N(CC)CCNS(C)(=O)=O)cc1C. The molecule has 15 nitrogen and oxygen atoms in total. The molecule has 1 aliphatic heterocycles. The Morgan fingerprint density at radius 1 is 0.797 bits per heavy atom. The smallest absolute Gasteiger partial charge is 0.418 e. The molecule has 2 atom stereocenters. The summed E-state index contributed by atoms with van der Waals surface area (Å²) in [5.74, 6) is 2.51. The van der Waals surface area contributed by atoms with E-state index in [0.717, 1.165) is 41.7 Å². The maximum atomic E-state index is 15.0. The van der Waals surface area contributed by atoms with Gasteiger partial charge in [0.15, 0.2) is 17.3 Å². The molecule has 1 amide bonds. The molecule has 2 heterocycles. The van der Waals surface area contributed by atoms with Gasteiger partial charge in [-0.1, -0.05) is 147 Å². The molecular weight excluding hydrogens is 953 g/mol. The van der Waals surface area contributed by atoms with Crippen molar-refractivity contribution in [2.24, 2.45) is 5.10 Å². The van der Waals surface area contributed by atoms with Gasteiger partial charge in [-0.05, 0) is 102 Å². The number of anilines is 2. The molecule has 16 heteroatoms. The summed E-state index contributed by atoms with van der Waals surface area (Å²) in [7, 11) is -3.36. The average molecular weight is 1040 g/mol. The summed E-state index contributed by atoms with van der Waals surface area (Å²) in [6.07, 6.45) is 22.2. The highest BCUT2D eigenvalue weighted by molar-refractivity contribution is 7.88. The minimum atomic E-state index is -3.36. The Balaban J connectivity index is 1.24. The number of sulfonamides is 1. The van der Waals surface area contributed by atoms with Crippen LogP contribution < -0.4 is 34.0 Å². The molecule has 0 saturated heterocycles.